The molecule has 0 N–H and O–H groups in total. The Morgan fingerprint density at radius 3 is 1.49 bits per heavy atom. The number of alkyl halides is 6. The number of hydrogen-bond donors (Lipinski definition) is 0. The minimum Gasteiger partial charge on any atom is -0.308 e. The molecule has 11 rings (SSSR count). The van der Waals surface area contributed by atoms with E-state index in [-0.39, 0.29) is 39.3 Å². The largest absolute Gasteiger partial charge is 0.417 e. The molecule has 79 heavy (non-hydrogen) atoms. The molecule has 0 aliphatic carbocycles. The lowest BCUT2D eigenvalue weighted by molar-refractivity contribution is -0.138. The van der Waals surface area contributed by atoms with Gasteiger partial charge in [-0.25, -0.2) is 19.8 Å². The zero-order valence-electron chi connectivity index (χ0n) is 41.7. The number of rotatable bonds is 8. The van der Waals surface area contributed by atoms with Crippen LogP contribution in [0.2, 0.25) is 0 Å². The third-order valence-corrected chi connectivity index (χ3v) is 13.8. The first-order valence-corrected chi connectivity index (χ1v) is 24.4. The van der Waals surface area contributed by atoms with Crippen molar-refractivity contribution in [3.05, 3.63) is 232 Å². The first-order chi connectivity index (χ1) is 38.0. The number of aromatic nitrogens is 4. The predicted molar refractivity (Wildman–Crippen MR) is 292 cm³/mol. The highest BCUT2D eigenvalue weighted by Gasteiger charge is 2.35. The van der Waals surface area contributed by atoms with Gasteiger partial charge in [0.1, 0.15) is 0 Å². The summed E-state index contributed by atoms with van der Waals surface area (Å²) in [7, 11) is 0. The Labute approximate surface area is 448 Å². The molecule has 0 unspecified atom stereocenters. The third kappa shape index (κ3) is 9.35. The van der Waals surface area contributed by atoms with E-state index in [1.165, 1.54) is 24.3 Å². The van der Waals surface area contributed by atoms with Gasteiger partial charge in [-0.15, -0.1) is 0 Å². The third-order valence-electron chi connectivity index (χ3n) is 13.8. The molecule has 11 aromatic rings. The van der Waals surface area contributed by atoms with Crippen LogP contribution in [-0.2, 0) is 12.4 Å². The van der Waals surface area contributed by atoms with E-state index >= 15 is 0 Å². The molecule has 0 amide bonds. The molecule has 0 radical (unpaired) electrons. The molecule has 9 aromatic carbocycles. The summed E-state index contributed by atoms with van der Waals surface area (Å²) in [5.74, 6) is 0.880. The molecule has 0 spiro atoms. The zero-order valence-corrected chi connectivity index (χ0v) is 41.7. The van der Waals surface area contributed by atoms with E-state index in [1.54, 1.807) is 92.7 Å². The fourth-order valence-corrected chi connectivity index (χ4v) is 10.1. The van der Waals surface area contributed by atoms with Crippen LogP contribution in [0.15, 0.2) is 182 Å². The minimum atomic E-state index is -4.73. The Morgan fingerprint density at radius 1 is 0.456 bits per heavy atom. The van der Waals surface area contributed by atoms with Crippen LogP contribution in [0.1, 0.15) is 38.9 Å². The van der Waals surface area contributed by atoms with E-state index in [2.05, 4.69) is 23.1 Å². The highest BCUT2D eigenvalue weighted by molar-refractivity contribution is 6.13. The Hall–Kier alpha value is -10.7. The lowest BCUT2D eigenvalue weighted by Crippen LogP contribution is -2.07. The van der Waals surface area contributed by atoms with Crippen LogP contribution in [0.5, 0.6) is 0 Å². The van der Waals surface area contributed by atoms with Crippen molar-refractivity contribution >= 4 is 27.5 Å². The Bertz CT molecular complexity index is 4320. The molecule has 0 saturated carbocycles. The Morgan fingerprint density at radius 2 is 0.975 bits per heavy atom. The average molecular weight is 1040 g/mol. The first kappa shape index (κ1) is 50.5. The van der Waals surface area contributed by atoms with E-state index < -0.39 is 23.5 Å². The van der Waals surface area contributed by atoms with Crippen LogP contribution in [-0.4, -0.2) is 19.5 Å². The first-order valence-electron chi connectivity index (χ1n) is 24.4. The average Bonchev–Trinajstić information content (AvgIpc) is 3.79. The Balaban J connectivity index is 1.31. The van der Waals surface area contributed by atoms with E-state index in [1.807, 2.05) is 65.2 Å². The second-order valence-corrected chi connectivity index (χ2v) is 18.8. The van der Waals surface area contributed by atoms with Crippen LogP contribution >= 0.6 is 0 Å². The maximum absolute atomic E-state index is 14.9. The number of nitrogens with zero attached hydrogens (tertiary/aromatic N) is 8. The monoisotopic (exact) mass is 1040 g/mol. The van der Waals surface area contributed by atoms with Crippen LogP contribution in [0.3, 0.4) is 0 Å². The summed E-state index contributed by atoms with van der Waals surface area (Å²) < 4.78 is 88.6. The van der Waals surface area contributed by atoms with Crippen LogP contribution in [0, 0.1) is 54.4 Å². The maximum atomic E-state index is 14.9. The van der Waals surface area contributed by atoms with E-state index in [0.717, 1.165) is 18.2 Å². The summed E-state index contributed by atoms with van der Waals surface area (Å²) in [6.45, 7) is 11.0. The van der Waals surface area contributed by atoms with Gasteiger partial charge in [-0.05, 0) is 120 Å². The van der Waals surface area contributed by atoms with Crippen molar-refractivity contribution in [2.75, 3.05) is 0 Å². The van der Waals surface area contributed by atoms with Crippen molar-refractivity contribution in [1.82, 2.24) is 19.5 Å². The fraction of sp³-hybridized carbons (Fsp3) is 0.0615. The van der Waals surface area contributed by atoms with Crippen LogP contribution < -0.4 is 0 Å². The molecule has 2 heterocycles. The van der Waals surface area contributed by atoms with Crippen molar-refractivity contribution < 1.29 is 26.3 Å². The molecule has 378 valence electrons. The second-order valence-electron chi connectivity index (χ2n) is 18.8. The van der Waals surface area contributed by atoms with E-state index in [4.69, 9.17) is 21.5 Å². The van der Waals surface area contributed by atoms with Crippen molar-refractivity contribution in [3.63, 3.8) is 0 Å². The van der Waals surface area contributed by atoms with Gasteiger partial charge >= 0.3 is 12.4 Å². The summed E-state index contributed by atoms with van der Waals surface area (Å²) in [5.41, 5.74) is 5.28. The molecule has 2 aromatic heterocycles. The molecular formula is C65H36F6N8. The highest BCUT2D eigenvalue weighted by atomic mass is 19.4. The van der Waals surface area contributed by atoms with Gasteiger partial charge < -0.3 is 4.57 Å². The Kier molecular flexibility index (Phi) is 12.7. The molecule has 14 heteroatoms. The van der Waals surface area contributed by atoms with E-state index in [9.17, 15) is 42.1 Å². The highest BCUT2D eigenvalue weighted by Crippen LogP contribution is 2.48. The number of nitriles is 3. The van der Waals surface area contributed by atoms with Crippen LogP contribution in [0.4, 0.5) is 32.0 Å². The lowest BCUT2D eigenvalue weighted by atomic mass is 9.88. The molecular weight excluding hydrogens is 1010 g/mol. The maximum Gasteiger partial charge on any atom is 0.417 e. The van der Waals surface area contributed by atoms with Gasteiger partial charge in [-0.1, -0.05) is 115 Å². The molecule has 0 saturated heterocycles. The van der Waals surface area contributed by atoms with Gasteiger partial charge in [0.2, 0.25) is 0 Å². The van der Waals surface area contributed by atoms with Crippen molar-refractivity contribution in [1.29, 1.82) is 15.8 Å². The number of benzene rings is 9. The van der Waals surface area contributed by atoms with Crippen molar-refractivity contribution in [3.8, 4) is 103 Å². The summed E-state index contributed by atoms with van der Waals surface area (Å²) in [6, 6.07) is 56.0. The van der Waals surface area contributed by atoms with Crippen LogP contribution in [0.25, 0.3) is 111 Å². The van der Waals surface area contributed by atoms with Gasteiger partial charge in [-0.3, -0.25) is 0 Å². The summed E-state index contributed by atoms with van der Waals surface area (Å²) >= 11 is 0. The summed E-state index contributed by atoms with van der Waals surface area (Å²) in [4.78, 5) is 18.6. The topological polar surface area (TPSA) is 119 Å². The molecule has 0 bridgehead atoms. The molecule has 8 nitrogen and oxygen atoms in total. The number of halogens is 6. The second kappa shape index (κ2) is 19.8. The quantitative estimate of drug-likeness (QED) is 0.110. The predicted octanol–water partition coefficient (Wildman–Crippen LogP) is 17.5. The lowest BCUT2D eigenvalue weighted by Gasteiger charge is -2.22. The molecule has 0 atom stereocenters. The fourth-order valence-electron chi connectivity index (χ4n) is 10.1. The zero-order chi connectivity index (χ0) is 55.3. The SMILES string of the molecule is [C-]#[N+]c1ccc(-c2cc(-c3nc(-c4ccccc4)nc(-c4ccccc4)n3)cc(-c3ccc(C#N)cc3C#N)c2-n2c3ccc(-c4ccc(C(F)(F)F)cc4C)cc3c3cc(-c4ccc(C)cc4C(F)(F)F)ccc32)c(C#N)c1. The van der Waals surface area contributed by atoms with E-state index in [0.29, 0.717) is 100 Å². The van der Waals surface area contributed by atoms with Gasteiger partial charge in [0, 0.05) is 49.7 Å². The van der Waals surface area contributed by atoms with Gasteiger partial charge in [0.05, 0.1) is 63.8 Å². The molecule has 0 fully saturated rings. The smallest absolute Gasteiger partial charge is 0.308 e. The molecule has 0 aliphatic rings. The van der Waals surface area contributed by atoms with Crippen molar-refractivity contribution in [2.24, 2.45) is 0 Å². The number of hydrogen-bond acceptors (Lipinski definition) is 6. The van der Waals surface area contributed by atoms with Crippen molar-refractivity contribution in [2.45, 2.75) is 26.2 Å². The van der Waals surface area contributed by atoms with Gasteiger partial charge in [0.15, 0.2) is 23.2 Å². The summed E-state index contributed by atoms with van der Waals surface area (Å²) in [6.07, 6.45) is -9.33. The van der Waals surface area contributed by atoms with Gasteiger partial charge in [0.25, 0.3) is 0 Å². The van der Waals surface area contributed by atoms with Gasteiger partial charge in [-0.2, -0.15) is 42.1 Å². The summed E-state index contributed by atoms with van der Waals surface area (Å²) in [5, 5.41) is 32.9. The minimum absolute atomic E-state index is 0.0849. The molecule has 0 aliphatic heterocycles. The number of fused-ring (bicyclic) bond motifs is 3. The standard InChI is InChI=1S/C65H36F6N8/c1-37-14-20-52(57(26-37)65(69,70)71)43-17-25-59-54(31-43)53-30-42(49-22-18-47(27-38(49)2)64(66,67)68)16-24-58(53)79(59)60-55(50-21-15-39(34-72)28-45(50)35-73)32-44(33-56(60)51-23-19-48(75-3)29-46(51)36-74)63-77-61(40-10-6-4-7-11-40)76-62(78-63)41-12-8-5-9-13-41/h4-33H,1-2H3. The number of aryl methyl sites for hydroxylation is 2. The normalized spacial score (nSPS) is 11.5.